The Balaban J connectivity index is 2.50. The van der Waals surface area contributed by atoms with Crippen LogP contribution in [0.4, 0.5) is 0 Å². The monoisotopic (exact) mass is 270 g/mol. The Morgan fingerprint density at radius 3 is 2.68 bits per heavy atom. The molecule has 110 valence electrons. The lowest BCUT2D eigenvalue weighted by atomic mass is 9.96. The first kappa shape index (κ1) is 16.0. The lowest BCUT2D eigenvalue weighted by molar-refractivity contribution is -0.151. The number of rotatable bonds is 5. The van der Waals surface area contributed by atoms with Crippen molar-refractivity contribution in [1.29, 1.82) is 0 Å². The first-order chi connectivity index (χ1) is 8.95. The normalized spacial score (nSPS) is 21.3. The lowest BCUT2D eigenvalue weighted by Gasteiger charge is -2.32. The summed E-state index contributed by atoms with van der Waals surface area (Å²) in [5, 5.41) is 0. The van der Waals surface area contributed by atoms with Crippen molar-refractivity contribution in [3.63, 3.8) is 0 Å². The molecule has 1 saturated heterocycles. The van der Waals surface area contributed by atoms with Gasteiger partial charge in [0.1, 0.15) is 0 Å². The number of carbonyl (C=O) groups excluding carboxylic acids is 2. The Kier molecular flexibility index (Phi) is 6.28. The second kappa shape index (κ2) is 7.48. The number of esters is 1. The molecule has 2 atom stereocenters. The molecule has 1 aliphatic heterocycles. The summed E-state index contributed by atoms with van der Waals surface area (Å²) in [5.41, 5.74) is 5.93. The van der Waals surface area contributed by atoms with Gasteiger partial charge in [-0.05, 0) is 25.7 Å². The molecular weight excluding hydrogens is 244 g/mol. The number of hydrogen-bond donors (Lipinski definition) is 1. The van der Waals surface area contributed by atoms with E-state index in [4.69, 9.17) is 10.5 Å². The molecule has 0 aliphatic carbocycles. The molecule has 0 aromatic rings. The average molecular weight is 270 g/mol. The van der Waals surface area contributed by atoms with Gasteiger partial charge in [0, 0.05) is 25.6 Å². The lowest BCUT2D eigenvalue weighted by Crippen LogP contribution is -2.45. The minimum Gasteiger partial charge on any atom is -0.466 e. The molecule has 0 aromatic heterocycles. The fraction of sp³-hybridized carbons (Fsp3) is 0.857. The Morgan fingerprint density at radius 1 is 1.42 bits per heavy atom. The summed E-state index contributed by atoms with van der Waals surface area (Å²) >= 11 is 0. The molecule has 0 aromatic carbocycles. The maximum atomic E-state index is 12.1. The minimum absolute atomic E-state index is 0.0511. The summed E-state index contributed by atoms with van der Waals surface area (Å²) in [6.07, 6.45) is 2.01. The predicted octanol–water partition coefficient (Wildman–Crippen LogP) is 1.16. The average Bonchev–Trinajstić information content (AvgIpc) is 2.39. The Morgan fingerprint density at radius 2 is 2.11 bits per heavy atom. The highest BCUT2D eigenvalue weighted by molar-refractivity contribution is 5.79. The zero-order chi connectivity index (χ0) is 14.4. The van der Waals surface area contributed by atoms with Gasteiger partial charge in [0.15, 0.2) is 0 Å². The van der Waals surface area contributed by atoms with Crippen LogP contribution in [-0.4, -0.2) is 42.5 Å². The number of carbonyl (C=O) groups is 2. The number of hydrogen-bond acceptors (Lipinski definition) is 4. The van der Waals surface area contributed by atoms with Crippen LogP contribution in [0.2, 0.25) is 0 Å². The molecule has 1 amide bonds. The number of amides is 1. The van der Waals surface area contributed by atoms with Crippen LogP contribution in [0.25, 0.3) is 0 Å². The zero-order valence-electron chi connectivity index (χ0n) is 12.2. The summed E-state index contributed by atoms with van der Waals surface area (Å²) in [4.78, 5) is 25.6. The number of nitrogens with two attached hydrogens (primary N) is 1. The smallest absolute Gasteiger partial charge is 0.310 e. The summed E-state index contributed by atoms with van der Waals surface area (Å²) in [6, 6.07) is -0.115. The first-order valence-electron chi connectivity index (χ1n) is 7.15. The van der Waals surface area contributed by atoms with Crippen LogP contribution >= 0.6 is 0 Å². The van der Waals surface area contributed by atoms with E-state index in [1.165, 1.54) is 0 Å². The number of nitrogens with zero attached hydrogens (tertiary/aromatic N) is 1. The SMILES string of the molecule is CCOC(=O)C1CCCN(C(=O)CC(N)C(C)C)C1. The second-order valence-electron chi connectivity index (χ2n) is 5.54. The third-order valence-corrected chi connectivity index (χ3v) is 3.66. The van der Waals surface area contributed by atoms with Crippen molar-refractivity contribution in [2.45, 2.75) is 46.1 Å². The predicted molar refractivity (Wildman–Crippen MR) is 73.4 cm³/mol. The summed E-state index contributed by atoms with van der Waals surface area (Å²) in [6.45, 7) is 7.40. The molecule has 1 aliphatic rings. The summed E-state index contributed by atoms with van der Waals surface area (Å²) < 4.78 is 5.03. The van der Waals surface area contributed by atoms with E-state index in [0.717, 1.165) is 19.4 Å². The molecule has 2 unspecified atom stereocenters. The van der Waals surface area contributed by atoms with Crippen molar-refractivity contribution >= 4 is 11.9 Å². The van der Waals surface area contributed by atoms with Gasteiger partial charge in [-0.3, -0.25) is 9.59 Å². The van der Waals surface area contributed by atoms with Gasteiger partial charge in [-0.1, -0.05) is 13.8 Å². The zero-order valence-corrected chi connectivity index (χ0v) is 12.2. The van der Waals surface area contributed by atoms with Crippen LogP contribution in [0.3, 0.4) is 0 Å². The van der Waals surface area contributed by atoms with E-state index >= 15 is 0 Å². The fourth-order valence-corrected chi connectivity index (χ4v) is 2.22. The first-order valence-corrected chi connectivity index (χ1v) is 7.15. The fourth-order valence-electron chi connectivity index (χ4n) is 2.22. The van der Waals surface area contributed by atoms with Crippen LogP contribution in [0.15, 0.2) is 0 Å². The molecule has 0 bridgehead atoms. The van der Waals surface area contributed by atoms with Crippen LogP contribution in [0.1, 0.15) is 40.0 Å². The van der Waals surface area contributed by atoms with E-state index in [9.17, 15) is 9.59 Å². The van der Waals surface area contributed by atoms with Gasteiger partial charge in [0.2, 0.25) is 5.91 Å². The van der Waals surface area contributed by atoms with Crippen LogP contribution in [-0.2, 0) is 14.3 Å². The van der Waals surface area contributed by atoms with E-state index in [-0.39, 0.29) is 29.8 Å². The van der Waals surface area contributed by atoms with Gasteiger partial charge in [-0.15, -0.1) is 0 Å². The Hall–Kier alpha value is -1.10. The highest BCUT2D eigenvalue weighted by atomic mass is 16.5. The maximum absolute atomic E-state index is 12.1. The second-order valence-corrected chi connectivity index (χ2v) is 5.54. The molecule has 1 fully saturated rings. The van der Waals surface area contributed by atoms with Crippen molar-refractivity contribution in [1.82, 2.24) is 4.90 Å². The molecule has 19 heavy (non-hydrogen) atoms. The quantitative estimate of drug-likeness (QED) is 0.761. The van der Waals surface area contributed by atoms with Gasteiger partial charge < -0.3 is 15.4 Å². The number of ether oxygens (including phenoxy) is 1. The van der Waals surface area contributed by atoms with E-state index in [1.54, 1.807) is 11.8 Å². The van der Waals surface area contributed by atoms with E-state index in [2.05, 4.69) is 0 Å². The topological polar surface area (TPSA) is 72.6 Å². The molecule has 1 rings (SSSR count). The van der Waals surface area contributed by atoms with Crippen LogP contribution in [0, 0.1) is 11.8 Å². The minimum atomic E-state index is -0.187. The third kappa shape index (κ3) is 4.82. The van der Waals surface area contributed by atoms with Gasteiger partial charge in [-0.2, -0.15) is 0 Å². The Bertz CT molecular complexity index is 318. The summed E-state index contributed by atoms with van der Waals surface area (Å²) in [7, 11) is 0. The van der Waals surface area contributed by atoms with Crippen molar-refractivity contribution in [3.8, 4) is 0 Å². The molecular formula is C14H26N2O3. The van der Waals surface area contributed by atoms with Gasteiger partial charge >= 0.3 is 5.97 Å². The molecule has 1 heterocycles. The molecule has 5 heteroatoms. The standard InChI is InChI=1S/C14H26N2O3/c1-4-19-14(18)11-6-5-7-16(9-11)13(17)8-12(15)10(2)3/h10-12H,4-9,15H2,1-3H3. The largest absolute Gasteiger partial charge is 0.466 e. The Labute approximate surface area is 115 Å². The van der Waals surface area contributed by atoms with E-state index < -0.39 is 0 Å². The van der Waals surface area contributed by atoms with Crippen LogP contribution < -0.4 is 5.73 Å². The van der Waals surface area contributed by atoms with Crippen LogP contribution in [0.5, 0.6) is 0 Å². The molecule has 5 nitrogen and oxygen atoms in total. The number of piperidine rings is 1. The highest BCUT2D eigenvalue weighted by Gasteiger charge is 2.29. The van der Waals surface area contributed by atoms with E-state index in [1.807, 2.05) is 13.8 Å². The molecule has 0 radical (unpaired) electrons. The van der Waals surface area contributed by atoms with Crippen molar-refractivity contribution < 1.29 is 14.3 Å². The maximum Gasteiger partial charge on any atom is 0.310 e. The van der Waals surface area contributed by atoms with Crippen molar-refractivity contribution in [2.24, 2.45) is 17.6 Å². The van der Waals surface area contributed by atoms with Crippen molar-refractivity contribution in [2.75, 3.05) is 19.7 Å². The molecule has 2 N–H and O–H groups in total. The van der Waals surface area contributed by atoms with E-state index in [0.29, 0.717) is 19.6 Å². The number of likely N-dealkylation sites (tertiary alicyclic amines) is 1. The summed E-state index contributed by atoms with van der Waals surface area (Å²) in [5.74, 6) is -0.0223. The van der Waals surface area contributed by atoms with Gasteiger partial charge in [-0.25, -0.2) is 0 Å². The van der Waals surface area contributed by atoms with Gasteiger partial charge in [0.05, 0.1) is 12.5 Å². The van der Waals surface area contributed by atoms with Crippen molar-refractivity contribution in [3.05, 3.63) is 0 Å². The third-order valence-electron chi connectivity index (χ3n) is 3.66. The van der Waals surface area contributed by atoms with Gasteiger partial charge in [0.25, 0.3) is 0 Å². The molecule has 0 spiro atoms. The highest BCUT2D eigenvalue weighted by Crippen LogP contribution is 2.19. The molecule has 0 saturated carbocycles.